The molecule has 142 valence electrons. The number of fused-ring (bicyclic) bond motifs is 1. The summed E-state index contributed by atoms with van der Waals surface area (Å²) >= 11 is 0. The Bertz CT molecular complexity index is 1040. The highest BCUT2D eigenvalue weighted by Crippen LogP contribution is 2.38. The summed E-state index contributed by atoms with van der Waals surface area (Å²) in [7, 11) is 0. The van der Waals surface area contributed by atoms with Crippen molar-refractivity contribution in [2.75, 3.05) is 0 Å². The number of allylic oxidation sites excluding steroid dienone is 2. The third-order valence-electron chi connectivity index (χ3n) is 6.21. The van der Waals surface area contributed by atoms with Crippen molar-refractivity contribution in [1.29, 1.82) is 0 Å². The SMILES string of the molecule is CCCC(CC(=O)O)N1C(=O)N2Cc3c[nH]c4cccc(c34)B3C=CC=C1C32. The molecule has 0 radical (unpaired) electrons. The number of aromatic nitrogens is 1. The minimum Gasteiger partial charge on any atom is -0.481 e. The second-order valence-corrected chi connectivity index (χ2v) is 7.85. The van der Waals surface area contributed by atoms with Gasteiger partial charge in [-0.25, -0.2) is 4.79 Å². The number of nitrogens with one attached hydrogen (secondary N) is 1. The third kappa shape index (κ3) is 2.35. The molecular formula is C21H22BN3O3. The average Bonchev–Trinajstić information content (AvgIpc) is 3.15. The third-order valence-corrected chi connectivity index (χ3v) is 6.21. The molecular weight excluding hydrogens is 353 g/mol. The first-order valence-electron chi connectivity index (χ1n) is 9.89. The van der Waals surface area contributed by atoms with Crippen LogP contribution >= 0.6 is 0 Å². The van der Waals surface area contributed by atoms with Crippen molar-refractivity contribution in [2.45, 2.75) is 44.7 Å². The van der Waals surface area contributed by atoms with Gasteiger partial charge < -0.3 is 15.0 Å². The zero-order valence-corrected chi connectivity index (χ0v) is 15.8. The fraction of sp³-hybridized carbons (Fsp3) is 0.333. The molecule has 1 saturated heterocycles. The van der Waals surface area contributed by atoms with Crippen LogP contribution < -0.4 is 5.46 Å². The van der Waals surface area contributed by atoms with Crippen LogP contribution in [0.2, 0.25) is 0 Å². The van der Waals surface area contributed by atoms with Gasteiger partial charge in [0.05, 0.1) is 12.4 Å². The van der Waals surface area contributed by atoms with Gasteiger partial charge in [0.15, 0.2) is 0 Å². The molecule has 1 aromatic carbocycles. The Morgan fingerprint density at radius 1 is 1.43 bits per heavy atom. The van der Waals surface area contributed by atoms with E-state index in [4.69, 9.17) is 0 Å². The van der Waals surface area contributed by atoms with Crippen LogP contribution in [0.3, 0.4) is 0 Å². The predicted octanol–water partition coefficient (Wildman–Crippen LogP) is 2.67. The zero-order chi connectivity index (χ0) is 19.4. The van der Waals surface area contributed by atoms with Crippen LogP contribution in [0, 0.1) is 0 Å². The van der Waals surface area contributed by atoms with Crippen molar-refractivity contribution in [1.82, 2.24) is 14.8 Å². The van der Waals surface area contributed by atoms with Crippen molar-refractivity contribution in [3.05, 3.63) is 53.8 Å². The van der Waals surface area contributed by atoms with Crippen molar-refractivity contribution in [3.63, 3.8) is 0 Å². The van der Waals surface area contributed by atoms with E-state index in [0.717, 1.165) is 23.2 Å². The van der Waals surface area contributed by atoms with Gasteiger partial charge in [-0.05, 0) is 29.5 Å². The van der Waals surface area contributed by atoms with Gasteiger partial charge in [-0.3, -0.25) is 9.69 Å². The summed E-state index contributed by atoms with van der Waals surface area (Å²) in [4.78, 5) is 32.0. The molecule has 6 nitrogen and oxygen atoms in total. The highest BCUT2D eigenvalue weighted by atomic mass is 16.4. The van der Waals surface area contributed by atoms with E-state index in [2.05, 4.69) is 29.2 Å². The van der Waals surface area contributed by atoms with E-state index in [-0.39, 0.29) is 31.1 Å². The van der Waals surface area contributed by atoms with Gasteiger partial charge in [0.1, 0.15) is 0 Å². The zero-order valence-electron chi connectivity index (χ0n) is 15.8. The normalized spacial score (nSPS) is 21.0. The largest absolute Gasteiger partial charge is 0.481 e. The summed E-state index contributed by atoms with van der Waals surface area (Å²) in [5.41, 5.74) is 4.37. The topological polar surface area (TPSA) is 76.6 Å². The number of benzene rings is 1. The number of nitrogens with zero attached hydrogens (tertiary/aromatic N) is 2. The molecule has 3 aliphatic rings. The Balaban J connectivity index is 1.63. The molecule has 0 bridgehead atoms. The van der Waals surface area contributed by atoms with Gasteiger partial charge in [-0.2, -0.15) is 0 Å². The molecule has 0 spiro atoms. The Hall–Kier alpha value is -2.96. The molecule has 3 aliphatic heterocycles. The van der Waals surface area contributed by atoms with Crippen molar-refractivity contribution in [2.24, 2.45) is 0 Å². The summed E-state index contributed by atoms with van der Waals surface area (Å²) in [6, 6.07) is 5.88. The van der Waals surface area contributed by atoms with Crippen LogP contribution in [0.1, 0.15) is 31.7 Å². The first-order valence-corrected chi connectivity index (χ1v) is 9.89. The van der Waals surface area contributed by atoms with E-state index in [9.17, 15) is 14.7 Å². The smallest absolute Gasteiger partial charge is 0.324 e. The Kier molecular flexibility index (Phi) is 3.86. The fourth-order valence-electron chi connectivity index (χ4n) is 5.14. The van der Waals surface area contributed by atoms with E-state index in [0.29, 0.717) is 13.0 Å². The molecule has 28 heavy (non-hydrogen) atoms. The highest BCUT2D eigenvalue weighted by Gasteiger charge is 2.51. The summed E-state index contributed by atoms with van der Waals surface area (Å²) in [6.07, 6.45) is 7.48. The minimum absolute atomic E-state index is 0.0309. The van der Waals surface area contributed by atoms with Gasteiger partial charge in [0, 0.05) is 30.0 Å². The number of aliphatic carboxylic acids is 1. The summed E-state index contributed by atoms with van der Waals surface area (Å²) in [5.74, 6) is 1.22. The van der Waals surface area contributed by atoms with E-state index >= 15 is 0 Å². The lowest BCUT2D eigenvalue weighted by molar-refractivity contribution is -0.138. The van der Waals surface area contributed by atoms with Gasteiger partial charge >= 0.3 is 12.0 Å². The van der Waals surface area contributed by atoms with Gasteiger partial charge in [-0.1, -0.05) is 37.0 Å². The van der Waals surface area contributed by atoms with Crippen LogP contribution in [0.4, 0.5) is 4.79 Å². The monoisotopic (exact) mass is 375 g/mol. The fourth-order valence-corrected chi connectivity index (χ4v) is 5.14. The summed E-state index contributed by atoms with van der Waals surface area (Å²) < 4.78 is 0. The molecule has 2 unspecified atom stereocenters. The minimum atomic E-state index is -0.866. The number of urea groups is 1. The Labute approximate surface area is 163 Å². The van der Waals surface area contributed by atoms with Gasteiger partial charge in [0.2, 0.25) is 6.71 Å². The number of carboxylic acid groups (broad SMARTS) is 1. The summed E-state index contributed by atoms with van der Waals surface area (Å²) in [5, 5.41) is 10.6. The number of carboxylic acids is 1. The molecule has 2 N–H and O–H groups in total. The van der Waals surface area contributed by atoms with Crippen molar-refractivity contribution >= 4 is 35.1 Å². The van der Waals surface area contributed by atoms with Crippen LogP contribution in [-0.2, 0) is 11.3 Å². The number of amides is 2. The molecule has 5 rings (SSSR count). The number of carbonyl (C=O) groups excluding carboxylic acids is 1. The molecule has 2 amide bonds. The van der Waals surface area contributed by atoms with Crippen LogP contribution in [0.5, 0.6) is 0 Å². The molecule has 1 aromatic heterocycles. The quantitative estimate of drug-likeness (QED) is 0.789. The van der Waals surface area contributed by atoms with E-state index < -0.39 is 5.97 Å². The highest BCUT2D eigenvalue weighted by molar-refractivity contribution is 6.82. The lowest BCUT2D eigenvalue weighted by Gasteiger charge is -2.29. The van der Waals surface area contributed by atoms with E-state index in [1.54, 1.807) is 4.90 Å². The second-order valence-electron chi connectivity index (χ2n) is 7.85. The Morgan fingerprint density at radius 3 is 3.07 bits per heavy atom. The van der Waals surface area contributed by atoms with Crippen LogP contribution in [0.15, 0.2) is 48.2 Å². The summed E-state index contributed by atoms with van der Waals surface area (Å²) in [6.45, 7) is 2.63. The standard InChI is InChI=1S/C21H22BN3O3/c1-2-5-14(10-18(26)27)25-17-8-4-9-22-15-6-3-7-16-19(15)13(11-23-16)12-24(20(17)22)21(25)28/h3-4,6-9,11,14,20,23H,2,5,10,12H2,1H3,(H,26,27). The van der Waals surface area contributed by atoms with Gasteiger partial charge in [0.25, 0.3) is 0 Å². The maximum Gasteiger partial charge on any atom is 0.324 e. The molecule has 2 atom stereocenters. The molecule has 1 fully saturated rings. The number of hydrogen-bond acceptors (Lipinski definition) is 2. The van der Waals surface area contributed by atoms with Crippen molar-refractivity contribution < 1.29 is 14.7 Å². The van der Waals surface area contributed by atoms with Crippen LogP contribution in [0.25, 0.3) is 10.9 Å². The number of rotatable bonds is 5. The maximum absolute atomic E-state index is 13.5. The number of hydrogen-bond donors (Lipinski definition) is 2. The first-order chi connectivity index (χ1) is 13.6. The van der Waals surface area contributed by atoms with E-state index in [1.165, 1.54) is 10.8 Å². The van der Waals surface area contributed by atoms with Crippen molar-refractivity contribution in [3.8, 4) is 0 Å². The molecule has 0 saturated carbocycles. The molecule has 2 aromatic rings. The Morgan fingerprint density at radius 2 is 2.29 bits per heavy atom. The van der Waals surface area contributed by atoms with Gasteiger partial charge in [-0.15, -0.1) is 5.98 Å². The molecule has 0 aliphatic carbocycles. The lowest BCUT2D eigenvalue weighted by Crippen LogP contribution is -2.48. The maximum atomic E-state index is 13.5. The number of carbonyl (C=O) groups is 2. The lowest BCUT2D eigenvalue weighted by atomic mass is 9.37. The number of H-pyrrole nitrogens is 1. The van der Waals surface area contributed by atoms with Crippen LogP contribution in [-0.4, -0.2) is 50.6 Å². The molecule has 7 heteroatoms. The average molecular weight is 375 g/mol. The first kappa shape index (κ1) is 17.2. The predicted molar refractivity (Wildman–Crippen MR) is 108 cm³/mol. The van der Waals surface area contributed by atoms with E-state index in [1.807, 2.05) is 30.2 Å². The molecule has 4 heterocycles. The number of aromatic amines is 1. The second kappa shape index (κ2) is 6.29.